The maximum Gasteiger partial charge on any atom is 0.217 e. The number of rotatable bonds is 6. The fourth-order valence-corrected chi connectivity index (χ4v) is 3.34. The summed E-state index contributed by atoms with van der Waals surface area (Å²) in [6.07, 6.45) is 2.56. The largest absolute Gasteiger partial charge is 0.496 e. The third-order valence-electron chi connectivity index (χ3n) is 4.51. The average molecular weight is 474 g/mol. The Morgan fingerprint density at radius 1 is 1.46 bits per heavy atom. The number of nitrogens with zero attached hydrogens (tertiary/aromatic N) is 2. The van der Waals surface area contributed by atoms with Gasteiger partial charge < -0.3 is 20.7 Å². The molecule has 1 aliphatic heterocycles. The first-order valence-electron chi connectivity index (χ1n) is 8.98. The summed E-state index contributed by atoms with van der Waals surface area (Å²) in [6.45, 7) is 7.33. The highest BCUT2D eigenvalue weighted by molar-refractivity contribution is 14.0. The van der Waals surface area contributed by atoms with Gasteiger partial charge >= 0.3 is 0 Å². The number of primary amides is 1. The van der Waals surface area contributed by atoms with Crippen LogP contribution in [0.4, 0.5) is 0 Å². The normalized spacial score (nSPS) is 17.4. The van der Waals surface area contributed by atoms with Crippen LogP contribution in [0.15, 0.2) is 23.2 Å². The Kier molecular flexibility index (Phi) is 9.75. The molecule has 1 unspecified atom stereocenters. The van der Waals surface area contributed by atoms with E-state index >= 15 is 0 Å². The van der Waals surface area contributed by atoms with Gasteiger partial charge in [-0.1, -0.05) is 12.1 Å². The number of nitrogens with one attached hydrogen (secondary N) is 1. The van der Waals surface area contributed by atoms with E-state index in [1.807, 2.05) is 19.1 Å². The summed E-state index contributed by atoms with van der Waals surface area (Å²) in [5.41, 5.74) is 7.63. The van der Waals surface area contributed by atoms with Crippen molar-refractivity contribution in [1.29, 1.82) is 0 Å². The van der Waals surface area contributed by atoms with Crippen molar-refractivity contribution in [2.75, 3.05) is 26.7 Å². The molecule has 26 heavy (non-hydrogen) atoms. The first kappa shape index (κ1) is 22.5. The maximum absolute atomic E-state index is 11.2. The lowest BCUT2D eigenvalue weighted by Gasteiger charge is -2.34. The van der Waals surface area contributed by atoms with E-state index < -0.39 is 0 Å². The van der Waals surface area contributed by atoms with Crippen LogP contribution in [0.5, 0.6) is 5.75 Å². The van der Waals surface area contributed by atoms with Crippen LogP contribution >= 0.6 is 24.0 Å². The van der Waals surface area contributed by atoms with E-state index in [-0.39, 0.29) is 29.9 Å². The van der Waals surface area contributed by atoms with E-state index in [2.05, 4.69) is 23.2 Å². The van der Waals surface area contributed by atoms with E-state index in [1.54, 1.807) is 7.11 Å². The summed E-state index contributed by atoms with van der Waals surface area (Å²) in [5.74, 6) is 1.90. The molecular weight excluding hydrogens is 443 g/mol. The number of likely N-dealkylation sites (tertiary alicyclic amines) is 1. The molecule has 0 aromatic heterocycles. The third-order valence-corrected chi connectivity index (χ3v) is 4.51. The lowest BCUT2D eigenvalue weighted by atomic mass is 9.95. The highest BCUT2D eigenvalue weighted by Gasteiger charge is 2.23. The Hall–Kier alpha value is -1.51. The number of hydrogen-bond acceptors (Lipinski definition) is 3. The summed E-state index contributed by atoms with van der Waals surface area (Å²) in [6, 6.07) is 6.14. The van der Waals surface area contributed by atoms with E-state index in [4.69, 9.17) is 15.5 Å². The lowest BCUT2D eigenvalue weighted by Crippen LogP contribution is -2.47. The minimum Gasteiger partial charge on any atom is -0.496 e. The van der Waals surface area contributed by atoms with Gasteiger partial charge in [-0.2, -0.15) is 0 Å². The van der Waals surface area contributed by atoms with Crippen LogP contribution in [-0.2, 0) is 11.3 Å². The molecule has 7 heteroatoms. The molecule has 1 atom stereocenters. The number of nitrogens with two attached hydrogens (primary N) is 1. The summed E-state index contributed by atoms with van der Waals surface area (Å²) in [5, 5.41) is 3.37. The van der Waals surface area contributed by atoms with Crippen molar-refractivity contribution < 1.29 is 9.53 Å². The Balaban J connectivity index is 0.00000338. The Morgan fingerprint density at radius 2 is 2.23 bits per heavy atom. The van der Waals surface area contributed by atoms with Crippen molar-refractivity contribution in [3.05, 3.63) is 29.3 Å². The van der Waals surface area contributed by atoms with Gasteiger partial charge in [-0.25, -0.2) is 4.99 Å². The zero-order chi connectivity index (χ0) is 18.2. The van der Waals surface area contributed by atoms with Crippen molar-refractivity contribution >= 4 is 35.8 Å². The van der Waals surface area contributed by atoms with Crippen molar-refractivity contribution in [1.82, 2.24) is 10.2 Å². The number of ether oxygens (including phenoxy) is 1. The quantitative estimate of drug-likeness (QED) is 0.378. The van der Waals surface area contributed by atoms with Gasteiger partial charge in [0.15, 0.2) is 5.96 Å². The second-order valence-electron chi connectivity index (χ2n) is 6.60. The number of halogens is 1. The second-order valence-corrected chi connectivity index (χ2v) is 6.60. The molecular formula is C19H31IN4O2. The molecule has 0 bridgehead atoms. The molecule has 1 aromatic carbocycles. The molecule has 1 heterocycles. The maximum atomic E-state index is 11.2. The van der Waals surface area contributed by atoms with Gasteiger partial charge in [-0.3, -0.25) is 4.79 Å². The molecule has 0 spiro atoms. The molecule has 1 aliphatic rings. The molecule has 0 aliphatic carbocycles. The monoisotopic (exact) mass is 474 g/mol. The minimum absolute atomic E-state index is 0. The van der Waals surface area contributed by atoms with Crippen LogP contribution < -0.4 is 15.8 Å². The Bertz CT molecular complexity index is 622. The highest BCUT2D eigenvalue weighted by atomic mass is 127. The number of aryl methyl sites for hydroxylation is 1. The number of piperidine rings is 1. The van der Waals surface area contributed by atoms with Gasteiger partial charge in [0.2, 0.25) is 5.91 Å². The van der Waals surface area contributed by atoms with Gasteiger partial charge in [-0.05, 0) is 49.8 Å². The molecule has 1 aromatic rings. The fourth-order valence-electron chi connectivity index (χ4n) is 3.34. The highest BCUT2D eigenvalue weighted by Crippen LogP contribution is 2.21. The van der Waals surface area contributed by atoms with Crippen LogP contribution in [0.2, 0.25) is 0 Å². The topological polar surface area (TPSA) is 80.0 Å². The van der Waals surface area contributed by atoms with E-state index in [9.17, 15) is 4.79 Å². The van der Waals surface area contributed by atoms with Crippen molar-refractivity contribution in [2.24, 2.45) is 16.6 Å². The molecule has 3 N–H and O–H groups in total. The van der Waals surface area contributed by atoms with Crippen molar-refractivity contribution in [2.45, 2.75) is 39.7 Å². The zero-order valence-corrected chi connectivity index (χ0v) is 18.3. The number of carbonyl (C=O) groups excluding carboxylic acids is 1. The number of benzene rings is 1. The van der Waals surface area contributed by atoms with Gasteiger partial charge in [0, 0.05) is 26.1 Å². The predicted octanol–water partition coefficient (Wildman–Crippen LogP) is 2.67. The number of hydrogen-bond donors (Lipinski definition) is 2. The minimum atomic E-state index is -0.220. The molecule has 1 amide bonds. The molecule has 0 saturated carbocycles. The smallest absolute Gasteiger partial charge is 0.217 e. The first-order valence-corrected chi connectivity index (χ1v) is 8.98. The molecule has 2 rings (SSSR count). The zero-order valence-electron chi connectivity index (χ0n) is 16.0. The molecule has 0 radical (unpaired) electrons. The second kappa shape index (κ2) is 11.3. The first-order chi connectivity index (χ1) is 12.0. The number of aliphatic imine (C=N–C) groups is 1. The van der Waals surface area contributed by atoms with Gasteiger partial charge in [-0.15, -0.1) is 24.0 Å². The van der Waals surface area contributed by atoms with Gasteiger partial charge in [0.05, 0.1) is 13.7 Å². The van der Waals surface area contributed by atoms with Gasteiger partial charge in [0.1, 0.15) is 5.75 Å². The van der Waals surface area contributed by atoms with Crippen LogP contribution in [0, 0.1) is 12.8 Å². The van der Waals surface area contributed by atoms with Crippen molar-refractivity contribution in [3.8, 4) is 5.75 Å². The summed E-state index contributed by atoms with van der Waals surface area (Å²) in [7, 11) is 1.68. The Morgan fingerprint density at radius 3 is 2.85 bits per heavy atom. The van der Waals surface area contributed by atoms with Crippen LogP contribution in [-0.4, -0.2) is 43.5 Å². The molecule has 146 valence electrons. The summed E-state index contributed by atoms with van der Waals surface area (Å²) >= 11 is 0. The number of amides is 1. The van der Waals surface area contributed by atoms with Crippen LogP contribution in [0.1, 0.15) is 37.3 Å². The molecule has 1 fully saturated rings. The number of guanidine groups is 1. The van der Waals surface area contributed by atoms with Crippen molar-refractivity contribution in [3.63, 3.8) is 0 Å². The predicted molar refractivity (Wildman–Crippen MR) is 116 cm³/mol. The summed E-state index contributed by atoms with van der Waals surface area (Å²) < 4.78 is 5.31. The number of carbonyl (C=O) groups is 1. The average Bonchev–Trinajstić information content (AvgIpc) is 2.58. The fraction of sp³-hybridized carbons (Fsp3) is 0.579. The molecule has 6 nitrogen and oxygen atoms in total. The SMILES string of the molecule is CCNC(=NCc1ccc(OC)c(C)c1)N1CCCC(CC(N)=O)C1.I. The standard InChI is InChI=1S/C19H30N4O2.HI/c1-4-21-19(23-9-5-6-16(13-23)11-18(20)24)22-12-15-7-8-17(25-3)14(2)10-15;/h7-8,10,16H,4-6,9,11-13H2,1-3H3,(H2,20,24)(H,21,22);1H. The van der Waals surface area contributed by atoms with E-state index in [0.29, 0.717) is 18.9 Å². The van der Waals surface area contributed by atoms with E-state index in [1.165, 1.54) is 0 Å². The number of methoxy groups -OCH3 is 1. The van der Waals surface area contributed by atoms with E-state index in [0.717, 1.165) is 55.3 Å². The third kappa shape index (κ3) is 6.66. The van der Waals surface area contributed by atoms with Gasteiger partial charge in [0.25, 0.3) is 0 Å². The lowest BCUT2D eigenvalue weighted by molar-refractivity contribution is -0.119. The molecule has 1 saturated heterocycles. The van der Waals surface area contributed by atoms with Crippen LogP contribution in [0.3, 0.4) is 0 Å². The Labute approximate surface area is 173 Å². The van der Waals surface area contributed by atoms with Crippen LogP contribution in [0.25, 0.3) is 0 Å². The summed E-state index contributed by atoms with van der Waals surface area (Å²) in [4.78, 5) is 18.3.